The van der Waals surface area contributed by atoms with E-state index in [4.69, 9.17) is 5.73 Å². The SMILES string of the molecule is CCn1cc(C(=O)NC(C)(C)CO)c(=O)c2c(N)cccc21. The van der Waals surface area contributed by atoms with Crippen LogP contribution < -0.4 is 16.5 Å². The average molecular weight is 303 g/mol. The molecular weight excluding hydrogens is 282 g/mol. The number of carbonyl (C=O) groups excluding carboxylic acids is 1. The molecule has 2 rings (SSSR count). The zero-order valence-electron chi connectivity index (χ0n) is 13.0. The Morgan fingerprint density at radius 1 is 1.41 bits per heavy atom. The number of pyridine rings is 1. The highest BCUT2D eigenvalue weighted by Crippen LogP contribution is 2.18. The first-order chi connectivity index (χ1) is 10.3. The highest BCUT2D eigenvalue weighted by molar-refractivity contribution is 6.00. The first-order valence-corrected chi connectivity index (χ1v) is 7.15. The molecule has 6 nitrogen and oxygen atoms in total. The van der Waals surface area contributed by atoms with Gasteiger partial charge in [-0.05, 0) is 32.9 Å². The lowest BCUT2D eigenvalue weighted by Crippen LogP contribution is -2.47. The van der Waals surface area contributed by atoms with Gasteiger partial charge in [-0.25, -0.2) is 0 Å². The molecule has 1 aromatic carbocycles. The normalized spacial score (nSPS) is 11.6. The third kappa shape index (κ3) is 2.82. The van der Waals surface area contributed by atoms with Crippen LogP contribution in [0.15, 0.2) is 29.2 Å². The number of anilines is 1. The van der Waals surface area contributed by atoms with Crippen molar-refractivity contribution in [2.24, 2.45) is 0 Å². The smallest absolute Gasteiger partial charge is 0.257 e. The molecule has 6 heteroatoms. The molecule has 0 aliphatic rings. The van der Waals surface area contributed by atoms with Gasteiger partial charge in [0.15, 0.2) is 0 Å². The molecule has 1 heterocycles. The van der Waals surface area contributed by atoms with E-state index < -0.39 is 16.9 Å². The number of aryl methyl sites for hydroxylation is 1. The Balaban J connectivity index is 2.65. The van der Waals surface area contributed by atoms with Crippen LogP contribution in [0.25, 0.3) is 10.9 Å². The predicted molar refractivity (Wildman–Crippen MR) is 86.9 cm³/mol. The van der Waals surface area contributed by atoms with Crippen LogP contribution in [0.1, 0.15) is 31.1 Å². The van der Waals surface area contributed by atoms with Crippen molar-refractivity contribution in [2.75, 3.05) is 12.3 Å². The Morgan fingerprint density at radius 3 is 2.68 bits per heavy atom. The zero-order chi connectivity index (χ0) is 16.5. The van der Waals surface area contributed by atoms with Gasteiger partial charge in [0.2, 0.25) is 5.43 Å². The number of aliphatic hydroxyl groups is 1. The molecule has 0 radical (unpaired) electrons. The molecule has 0 saturated carbocycles. The Morgan fingerprint density at radius 2 is 2.09 bits per heavy atom. The van der Waals surface area contributed by atoms with E-state index in [2.05, 4.69) is 5.32 Å². The summed E-state index contributed by atoms with van der Waals surface area (Å²) >= 11 is 0. The van der Waals surface area contributed by atoms with E-state index >= 15 is 0 Å². The van der Waals surface area contributed by atoms with Crippen molar-refractivity contribution in [1.29, 1.82) is 0 Å². The molecule has 0 spiro atoms. The van der Waals surface area contributed by atoms with Gasteiger partial charge in [0.05, 0.1) is 23.0 Å². The first-order valence-electron chi connectivity index (χ1n) is 7.15. The number of rotatable bonds is 4. The van der Waals surface area contributed by atoms with Crippen molar-refractivity contribution in [3.8, 4) is 0 Å². The van der Waals surface area contributed by atoms with Gasteiger partial charge >= 0.3 is 0 Å². The van der Waals surface area contributed by atoms with Crippen LogP contribution in [-0.4, -0.2) is 27.7 Å². The van der Waals surface area contributed by atoms with Crippen molar-refractivity contribution in [1.82, 2.24) is 9.88 Å². The van der Waals surface area contributed by atoms with E-state index in [1.165, 1.54) is 6.20 Å². The summed E-state index contributed by atoms with van der Waals surface area (Å²) in [6.07, 6.45) is 1.53. The minimum absolute atomic E-state index is 0.0220. The number of nitrogen functional groups attached to an aromatic ring is 1. The molecule has 0 saturated heterocycles. The highest BCUT2D eigenvalue weighted by atomic mass is 16.3. The molecule has 0 bridgehead atoms. The third-order valence-corrected chi connectivity index (χ3v) is 3.57. The van der Waals surface area contributed by atoms with E-state index in [9.17, 15) is 14.7 Å². The Labute approximate surface area is 128 Å². The van der Waals surface area contributed by atoms with Crippen LogP contribution in [0, 0.1) is 0 Å². The van der Waals surface area contributed by atoms with Crippen LogP contribution in [0.3, 0.4) is 0 Å². The second kappa shape index (κ2) is 5.81. The van der Waals surface area contributed by atoms with Crippen LogP contribution in [0.2, 0.25) is 0 Å². The number of fused-ring (bicyclic) bond motifs is 1. The van der Waals surface area contributed by atoms with Crippen molar-refractivity contribution >= 4 is 22.5 Å². The fourth-order valence-electron chi connectivity index (χ4n) is 2.30. The summed E-state index contributed by atoms with van der Waals surface area (Å²) in [7, 11) is 0. The molecule has 0 unspecified atom stereocenters. The number of amides is 1. The fourth-order valence-corrected chi connectivity index (χ4v) is 2.30. The van der Waals surface area contributed by atoms with Crippen molar-refractivity contribution in [3.05, 3.63) is 40.2 Å². The number of aromatic nitrogens is 1. The van der Waals surface area contributed by atoms with Crippen molar-refractivity contribution in [2.45, 2.75) is 32.9 Å². The zero-order valence-corrected chi connectivity index (χ0v) is 13.0. The van der Waals surface area contributed by atoms with Gasteiger partial charge < -0.3 is 20.7 Å². The van der Waals surface area contributed by atoms with Crippen molar-refractivity contribution < 1.29 is 9.90 Å². The van der Waals surface area contributed by atoms with Crippen LogP contribution in [0.5, 0.6) is 0 Å². The van der Waals surface area contributed by atoms with Gasteiger partial charge in [0.1, 0.15) is 5.56 Å². The van der Waals surface area contributed by atoms with E-state index in [-0.39, 0.29) is 12.2 Å². The first kappa shape index (κ1) is 16.0. The lowest BCUT2D eigenvalue weighted by atomic mass is 10.0. The predicted octanol–water partition coefficient (Wildman–Crippen LogP) is 1.10. The average Bonchev–Trinajstić information content (AvgIpc) is 2.47. The number of benzene rings is 1. The lowest BCUT2D eigenvalue weighted by molar-refractivity contribution is 0.0867. The Bertz CT molecular complexity index is 778. The molecule has 0 fully saturated rings. The highest BCUT2D eigenvalue weighted by Gasteiger charge is 2.23. The lowest BCUT2D eigenvalue weighted by Gasteiger charge is -2.23. The van der Waals surface area contributed by atoms with E-state index in [0.717, 1.165) is 0 Å². The summed E-state index contributed by atoms with van der Waals surface area (Å²) in [5.74, 6) is -0.517. The summed E-state index contributed by atoms with van der Waals surface area (Å²) < 4.78 is 1.81. The second-order valence-corrected chi connectivity index (χ2v) is 5.90. The summed E-state index contributed by atoms with van der Waals surface area (Å²) in [6.45, 7) is 5.66. The van der Waals surface area contributed by atoms with Gasteiger partial charge in [-0.2, -0.15) is 0 Å². The maximum absolute atomic E-state index is 12.6. The van der Waals surface area contributed by atoms with E-state index in [1.54, 1.807) is 32.0 Å². The Kier molecular flexibility index (Phi) is 4.23. The maximum atomic E-state index is 12.6. The summed E-state index contributed by atoms with van der Waals surface area (Å²) in [5, 5.41) is 12.3. The minimum Gasteiger partial charge on any atom is -0.398 e. The van der Waals surface area contributed by atoms with Gasteiger partial charge in [-0.1, -0.05) is 6.07 Å². The van der Waals surface area contributed by atoms with Crippen LogP contribution in [-0.2, 0) is 6.54 Å². The molecule has 4 N–H and O–H groups in total. The summed E-state index contributed by atoms with van der Waals surface area (Å²) in [4.78, 5) is 25.0. The number of hydrogen-bond donors (Lipinski definition) is 3. The standard InChI is InChI=1S/C16H21N3O3/c1-4-19-8-10(15(22)18-16(2,3)9-20)14(21)13-11(17)6-5-7-12(13)19/h5-8,20H,4,9,17H2,1-3H3,(H,18,22). The van der Waals surface area contributed by atoms with Gasteiger partial charge in [-0.3, -0.25) is 9.59 Å². The molecule has 22 heavy (non-hydrogen) atoms. The summed E-state index contributed by atoms with van der Waals surface area (Å²) in [5.41, 5.74) is 5.78. The van der Waals surface area contributed by atoms with Gasteiger partial charge in [0.25, 0.3) is 5.91 Å². The Hall–Kier alpha value is -2.34. The molecule has 0 aliphatic heterocycles. The van der Waals surface area contributed by atoms with Crippen LogP contribution in [0.4, 0.5) is 5.69 Å². The minimum atomic E-state index is -0.808. The largest absolute Gasteiger partial charge is 0.398 e. The molecule has 118 valence electrons. The molecule has 0 atom stereocenters. The second-order valence-electron chi connectivity index (χ2n) is 5.90. The monoisotopic (exact) mass is 303 g/mol. The molecular formula is C16H21N3O3. The number of nitrogens with zero attached hydrogens (tertiary/aromatic N) is 1. The molecule has 0 aliphatic carbocycles. The topological polar surface area (TPSA) is 97.4 Å². The third-order valence-electron chi connectivity index (χ3n) is 3.57. The number of carbonyl (C=O) groups is 1. The van der Waals surface area contributed by atoms with E-state index in [1.807, 2.05) is 11.5 Å². The van der Waals surface area contributed by atoms with Crippen molar-refractivity contribution in [3.63, 3.8) is 0 Å². The number of hydrogen-bond acceptors (Lipinski definition) is 4. The fraction of sp³-hybridized carbons (Fsp3) is 0.375. The summed E-state index contributed by atoms with van der Waals surface area (Å²) in [6, 6.07) is 5.22. The number of nitrogens with two attached hydrogens (primary N) is 1. The molecule has 2 aromatic rings. The van der Waals surface area contributed by atoms with Gasteiger partial charge in [-0.15, -0.1) is 0 Å². The maximum Gasteiger partial charge on any atom is 0.257 e. The molecule has 1 amide bonds. The quantitative estimate of drug-likeness (QED) is 0.737. The number of aliphatic hydroxyl groups excluding tert-OH is 1. The van der Waals surface area contributed by atoms with Crippen LogP contribution >= 0.6 is 0 Å². The number of nitrogens with one attached hydrogen (secondary N) is 1. The molecule has 1 aromatic heterocycles. The van der Waals surface area contributed by atoms with Gasteiger partial charge in [0, 0.05) is 18.4 Å². The van der Waals surface area contributed by atoms with E-state index in [0.29, 0.717) is 23.1 Å².